The number of carbonyl (C=O) groups excluding carboxylic acids is 1. The number of carbonyl (C=O) groups is 1. The average Bonchev–Trinajstić information content (AvgIpc) is 3.07. The van der Waals surface area contributed by atoms with Crippen LogP contribution in [0.3, 0.4) is 0 Å². The number of halogens is 1. The summed E-state index contributed by atoms with van der Waals surface area (Å²) in [5, 5.41) is 16.2. The van der Waals surface area contributed by atoms with Crippen LogP contribution in [0, 0.1) is 5.92 Å². The molecule has 1 aliphatic rings. The third-order valence-corrected chi connectivity index (χ3v) is 4.95. The molecule has 2 aromatic rings. The van der Waals surface area contributed by atoms with Crippen LogP contribution in [0.15, 0.2) is 24.3 Å². The molecule has 0 spiro atoms. The quantitative estimate of drug-likeness (QED) is 0.921. The second-order valence-corrected chi connectivity index (χ2v) is 6.93. The first-order chi connectivity index (χ1) is 11.5. The summed E-state index contributed by atoms with van der Waals surface area (Å²) in [5.41, 5.74) is 0.819. The van der Waals surface area contributed by atoms with Gasteiger partial charge in [0, 0.05) is 16.6 Å². The van der Waals surface area contributed by atoms with Gasteiger partial charge < -0.3 is 5.32 Å². The van der Waals surface area contributed by atoms with Crippen molar-refractivity contribution in [3.8, 4) is 11.4 Å². The van der Waals surface area contributed by atoms with Crippen LogP contribution in [-0.2, 0) is 4.79 Å². The molecule has 1 saturated carbocycles. The Labute approximate surface area is 146 Å². The molecule has 1 fully saturated rings. The third kappa shape index (κ3) is 3.75. The van der Waals surface area contributed by atoms with Gasteiger partial charge in [-0.3, -0.25) is 4.79 Å². The zero-order valence-electron chi connectivity index (χ0n) is 13.9. The second-order valence-electron chi connectivity index (χ2n) is 6.49. The number of benzene rings is 1. The van der Waals surface area contributed by atoms with E-state index in [0.717, 1.165) is 12.0 Å². The smallest absolute Gasteiger partial charge is 0.246 e. The number of hydrogen-bond donors (Lipinski definition) is 1. The average molecular weight is 348 g/mol. The molecule has 3 rings (SSSR count). The Hall–Kier alpha value is -1.95. The van der Waals surface area contributed by atoms with Crippen molar-refractivity contribution in [2.45, 2.75) is 51.6 Å². The molecule has 1 aromatic carbocycles. The van der Waals surface area contributed by atoms with Gasteiger partial charge in [0.25, 0.3) is 0 Å². The van der Waals surface area contributed by atoms with Crippen LogP contribution >= 0.6 is 11.6 Å². The van der Waals surface area contributed by atoms with E-state index >= 15 is 0 Å². The van der Waals surface area contributed by atoms with Crippen LogP contribution < -0.4 is 5.32 Å². The lowest BCUT2D eigenvalue weighted by Crippen LogP contribution is -2.44. The lowest BCUT2D eigenvalue weighted by atomic mass is 9.86. The SMILES string of the molecule is CC1CCCCC1NC(=O)C(C)n1nnc(-c2ccc(Cl)cc2)n1. The van der Waals surface area contributed by atoms with E-state index in [0.29, 0.717) is 16.8 Å². The fourth-order valence-electron chi connectivity index (χ4n) is 3.04. The zero-order valence-corrected chi connectivity index (χ0v) is 14.7. The minimum Gasteiger partial charge on any atom is -0.351 e. The van der Waals surface area contributed by atoms with Crippen molar-refractivity contribution in [3.05, 3.63) is 29.3 Å². The number of aromatic nitrogens is 4. The van der Waals surface area contributed by atoms with Gasteiger partial charge in [0.1, 0.15) is 6.04 Å². The van der Waals surface area contributed by atoms with E-state index in [-0.39, 0.29) is 11.9 Å². The molecule has 24 heavy (non-hydrogen) atoms. The van der Waals surface area contributed by atoms with E-state index in [1.807, 2.05) is 12.1 Å². The second kappa shape index (κ2) is 7.30. The van der Waals surface area contributed by atoms with Crippen molar-refractivity contribution in [1.29, 1.82) is 0 Å². The highest BCUT2D eigenvalue weighted by molar-refractivity contribution is 6.30. The third-order valence-electron chi connectivity index (χ3n) is 4.70. The van der Waals surface area contributed by atoms with Gasteiger partial charge in [-0.15, -0.1) is 10.2 Å². The van der Waals surface area contributed by atoms with Crippen LogP contribution in [0.2, 0.25) is 5.02 Å². The highest BCUT2D eigenvalue weighted by Crippen LogP contribution is 2.24. The van der Waals surface area contributed by atoms with Crippen LogP contribution in [0.1, 0.15) is 45.6 Å². The minimum atomic E-state index is -0.493. The molecular formula is C17H22ClN5O. The number of nitrogens with zero attached hydrogens (tertiary/aromatic N) is 4. The Morgan fingerprint density at radius 3 is 2.71 bits per heavy atom. The van der Waals surface area contributed by atoms with E-state index in [1.165, 1.54) is 24.1 Å². The molecule has 128 valence electrons. The number of tetrazole rings is 1. The van der Waals surface area contributed by atoms with Gasteiger partial charge in [-0.2, -0.15) is 4.80 Å². The summed E-state index contributed by atoms with van der Waals surface area (Å²) >= 11 is 5.89. The predicted octanol–water partition coefficient (Wildman–Crippen LogP) is 3.25. The molecule has 0 aliphatic heterocycles. The maximum Gasteiger partial charge on any atom is 0.246 e. The van der Waals surface area contributed by atoms with E-state index in [9.17, 15) is 4.79 Å². The molecule has 1 aromatic heterocycles. The Balaban J connectivity index is 1.67. The van der Waals surface area contributed by atoms with Crippen LogP contribution in [0.25, 0.3) is 11.4 Å². The predicted molar refractivity (Wildman–Crippen MR) is 92.5 cm³/mol. The van der Waals surface area contributed by atoms with Crippen LogP contribution in [-0.4, -0.2) is 32.2 Å². The molecule has 0 radical (unpaired) electrons. The van der Waals surface area contributed by atoms with Gasteiger partial charge in [0.05, 0.1) is 0 Å². The number of amides is 1. The van der Waals surface area contributed by atoms with Crippen molar-refractivity contribution in [2.24, 2.45) is 5.92 Å². The highest BCUT2D eigenvalue weighted by atomic mass is 35.5. The summed E-state index contributed by atoms with van der Waals surface area (Å²) in [5.74, 6) is 0.939. The first-order valence-electron chi connectivity index (χ1n) is 8.40. The zero-order chi connectivity index (χ0) is 17.1. The number of hydrogen-bond acceptors (Lipinski definition) is 4. The lowest BCUT2D eigenvalue weighted by molar-refractivity contribution is -0.125. The maximum atomic E-state index is 12.5. The van der Waals surface area contributed by atoms with Gasteiger partial charge in [-0.25, -0.2) is 0 Å². The molecular weight excluding hydrogens is 326 g/mol. The fourth-order valence-corrected chi connectivity index (χ4v) is 3.17. The van der Waals surface area contributed by atoms with Crippen molar-refractivity contribution in [1.82, 2.24) is 25.5 Å². The van der Waals surface area contributed by atoms with Gasteiger partial charge in [0.15, 0.2) is 0 Å². The van der Waals surface area contributed by atoms with E-state index < -0.39 is 6.04 Å². The van der Waals surface area contributed by atoms with Crippen molar-refractivity contribution >= 4 is 17.5 Å². The summed E-state index contributed by atoms with van der Waals surface area (Å²) < 4.78 is 0. The molecule has 1 heterocycles. The van der Waals surface area contributed by atoms with Crippen LogP contribution in [0.5, 0.6) is 0 Å². The van der Waals surface area contributed by atoms with Crippen molar-refractivity contribution in [2.75, 3.05) is 0 Å². The maximum absolute atomic E-state index is 12.5. The monoisotopic (exact) mass is 347 g/mol. The topological polar surface area (TPSA) is 72.7 Å². The summed E-state index contributed by atoms with van der Waals surface area (Å²) in [6, 6.07) is 6.97. The molecule has 6 nitrogen and oxygen atoms in total. The fraction of sp³-hybridized carbons (Fsp3) is 0.529. The summed E-state index contributed by atoms with van der Waals surface area (Å²) in [6.45, 7) is 3.98. The Morgan fingerprint density at radius 1 is 1.29 bits per heavy atom. The molecule has 7 heteroatoms. The van der Waals surface area contributed by atoms with E-state index in [1.54, 1.807) is 19.1 Å². The molecule has 1 amide bonds. The van der Waals surface area contributed by atoms with Gasteiger partial charge in [-0.05, 0) is 55.2 Å². The normalized spacial score (nSPS) is 22.1. The van der Waals surface area contributed by atoms with Crippen molar-refractivity contribution < 1.29 is 4.79 Å². The summed E-state index contributed by atoms with van der Waals surface area (Å²) in [6.07, 6.45) is 4.63. The first-order valence-corrected chi connectivity index (χ1v) is 8.78. The summed E-state index contributed by atoms with van der Waals surface area (Å²) in [4.78, 5) is 13.9. The molecule has 0 saturated heterocycles. The van der Waals surface area contributed by atoms with Gasteiger partial charge in [0.2, 0.25) is 11.7 Å². The largest absolute Gasteiger partial charge is 0.351 e. The van der Waals surface area contributed by atoms with Gasteiger partial charge in [-0.1, -0.05) is 31.4 Å². The molecule has 1 aliphatic carbocycles. The Bertz CT molecular complexity index is 699. The first kappa shape index (κ1) is 16.9. The Morgan fingerprint density at radius 2 is 2.00 bits per heavy atom. The Kier molecular flexibility index (Phi) is 5.14. The minimum absolute atomic E-state index is 0.0613. The van der Waals surface area contributed by atoms with Crippen molar-refractivity contribution in [3.63, 3.8) is 0 Å². The molecule has 0 bridgehead atoms. The number of rotatable bonds is 4. The van der Waals surface area contributed by atoms with E-state index in [4.69, 9.17) is 11.6 Å². The summed E-state index contributed by atoms with van der Waals surface area (Å²) in [7, 11) is 0. The molecule has 3 atom stereocenters. The highest BCUT2D eigenvalue weighted by Gasteiger charge is 2.26. The molecule has 3 unspecified atom stereocenters. The lowest BCUT2D eigenvalue weighted by Gasteiger charge is -2.30. The number of nitrogens with one attached hydrogen (secondary N) is 1. The molecule has 1 N–H and O–H groups in total. The standard InChI is InChI=1S/C17H22ClN5O/c1-11-5-3-4-6-15(11)19-17(24)12(2)23-21-16(20-22-23)13-7-9-14(18)10-8-13/h7-12,15H,3-6H2,1-2H3,(H,19,24). The van der Waals surface area contributed by atoms with Gasteiger partial charge >= 0.3 is 0 Å². The van der Waals surface area contributed by atoms with Crippen LogP contribution in [0.4, 0.5) is 0 Å². The van der Waals surface area contributed by atoms with E-state index in [2.05, 4.69) is 27.7 Å².